The van der Waals surface area contributed by atoms with Crippen molar-refractivity contribution in [2.75, 3.05) is 6.54 Å². The third-order valence-corrected chi connectivity index (χ3v) is 8.47. The molecule has 0 aliphatic heterocycles. The predicted molar refractivity (Wildman–Crippen MR) is 94.6 cm³/mol. The molecular formula is C13H25N3O9P2. The average molecular weight is 429 g/mol. The van der Waals surface area contributed by atoms with Gasteiger partial charge in [-0.1, -0.05) is 0 Å². The fourth-order valence-corrected chi connectivity index (χ4v) is 5.26. The van der Waals surface area contributed by atoms with Gasteiger partial charge < -0.3 is 0 Å². The van der Waals surface area contributed by atoms with Gasteiger partial charge in [-0.25, -0.2) is 0 Å². The van der Waals surface area contributed by atoms with Crippen molar-refractivity contribution in [1.82, 2.24) is 9.55 Å². The Kier molecular flexibility index (Phi) is 7.40. The van der Waals surface area contributed by atoms with E-state index in [1.807, 2.05) is 0 Å². The van der Waals surface area contributed by atoms with Gasteiger partial charge in [0.2, 0.25) is 0 Å². The standard InChI is InChI=1S/C13H25N3O9P2/c1-10(17)23-26(20)13(19,8-16-6-5-15-9-16)27(21,22)25-24-12(3-2-4-12)11(18)7-14/h5-6,9-10,17,19-22,27H,2-4,7-8,14H2,1H3/t10-,13?,26+/m1/s1. The van der Waals surface area contributed by atoms with E-state index in [1.165, 1.54) is 30.2 Å². The quantitative estimate of drug-likeness (QED) is 0.110. The Morgan fingerprint density at radius 3 is 2.63 bits per heavy atom. The van der Waals surface area contributed by atoms with Crippen molar-refractivity contribution in [2.24, 2.45) is 5.73 Å². The summed E-state index contributed by atoms with van der Waals surface area (Å²) in [6.45, 7) is 0.260. The Morgan fingerprint density at radius 2 is 2.19 bits per heavy atom. The van der Waals surface area contributed by atoms with Crippen LogP contribution in [0.15, 0.2) is 18.7 Å². The summed E-state index contributed by atoms with van der Waals surface area (Å²) < 4.78 is 10.8. The minimum absolute atomic E-state index is 0.269. The van der Waals surface area contributed by atoms with Crippen LogP contribution in [0.4, 0.5) is 0 Å². The van der Waals surface area contributed by atoms with Crippen LogP contribution in [0.25, 0.3) is 0 Å². The van der Waals surface area contributed by atoms with E-state index in [0.717, 1.165) is 0 Å². The summed E-state index contributed by atoms with van der Waals surface area (Å²) in [5.74, 6) is -0.483. The van der Waals surface area contributed by atoms with Crippen LogP contribution in [0.5, 0.6) is 0 Å². The number of rotatable bonds is 11. The Labute approximate surface area is 156 Å². The molecule has 7 N–H and O–H groups in total. The molecule has 1 fully saturated rings. The third kappa shape index (κ3) is 4.87. The van der Waals surface area contributed by atoms with Gasteiger partial charge in [0.05, 0.1) is 0 Å². The molecule has 3 atom stereocenters. The van der Waals surface area contributed by atoms with Crippen LogP contribution in [-0.2, 0) is 25.4 Å². The Balaban J connectivity index is 2.22. The molecule has 1 heterocycles. The van der Waals surface area contributed by atoms with Gasteiger partial charge in [0.15, 0.2) is 0 Å². The number of aromatic nitrogens is 2. The molecule has 0 spiro atoms. The summed E-state index contributed by atoms with van der Waals surface area (Å²) in [6.07, 6.45) is 3.71. The zero-order valence-corrected chi connectivity index (χ0v) is 16.5. The molecule has 0 radical (unpaired) electrons. The number of aliphatic hydroxyl groups excluding tert-OH is 1. The molecule has 2 rings (SSSR count). The van der Waals surface area contributed by atoms with E-state index in [2.05, 4.69) is 4.98 Å². The molecule has 0 saturated heterocycles. The molecule has 0 bridgehead atoms. The maximum absolute atomic E-state index is 12.0. The molecule has 1 aromatic heterocycles. The van der Waals surface area contributed by atoms with Crippen LogP contribution < -0.4 is 5.73 Å². The summed E-state index contributed by atoms with van der Waals surface area (Å²) in [7, 11) is -8.27. The summed E-state index contributed by atoms with van der Waals surface area (Å²) in [6, 6.07) is 0. The molecule has 156 valence electrons. The van der Waals surface area contributed by atoms with E-state index < -0.39 is 45.6 Å². The van der Waals surface area contributed by atoms with Gasteiger partial charge in [-0.15, -0.1) is 0 Å². The zero-order valence-electron chi connectivity index (χ0n) is 14.6. The van der Waals surface area contributed by atoms with Gasteiger partial charge in [-0.2, -0.15) is 0 Å². The average Bonchev–Trinajstić information content (AvgIpc) is 3.05. The van der Waals surface area contributed by atoms with Gasteiger partial charge in [0.25, 0.3) is 0 Å². The summed E-state index contributed by atoms with van der Waals surface area (Å²) in [5, 5.41) is 17.4. The van der Waals surface area contributed by atoms with Gasteiger partial charge in [0.1, 0.15) is 0 Å². The first-order valence-electron chi connectivity index (χ1n) is 8.13. The van der Waals surface area contributed by atoms with Crippen LogP contribution in [0, 0.1) is 0 Å². The van der Waals surface area contributed by atoms with E-state index in [-0.39, 0.29) is 19.4 Å². The summed E-state index contributed by atoms with van der Waals surface area (Å²) >= 11 is 0. The number of aliphatic hydroxyl groups is 2. The Hall–Kier alpha value is -0.620. The number of carbonyl (C=O) groups is 1. The monoisotopic (exact) mass is 429 g/mol. The molecule has 1 aliphatic rings. The van der Waals surface area contributed by atoms with E-state index >= 15 is 0 Å². The predicted octanol–water partition coefficient (Wildman–Crippen LogP) is -0.934. The number of Topliss-reactive ketones (excluding diaryl/α,β-unsaturated/α-hetero) is 1. The molecule has 1 unspecified atom stereocenters. The van der Waals surface area contributed by atoms with E-state index in [0.29, 0.717) is 6.42 Å². The molecule has 1 aliphatic carbocycles. The second kappa shape index (κ2) is 8.81. The second-order valence-electron chi connectivity index (χ2n) is 6.28. The molecule has 1 aromatic rings. The number of nitrogens with two attached hydrogens (primary N) is 1. The van der Waals surface area contributed by atoms with Crippen molar-refractivity contribution < 1.29 is 43.8 Å². The molecule has 27 heavy (non-hydrogen) atoms. The molecule has 12 nitrogen and oxygen atoms in total. The number of carbonyl (C=O) groups excluding carboxylic acids is 1. The van der Waals surface area contributed by atoms with Gasteiger partial charge >= 0.3 is 156 Å². The van der Waals surface area contributed by atoms with Gasteiger partial charge in [0, 0.05) is 0 Å². The van der Waals surface area contributed by atoms with Crippen molar-refractivity contribution in [3.05, 3.63) is 18.7 Å². The van der Waals surface area contributed by atoms with Crippen LogP contribution in [0.1, 0.15) is 26.2 Å². The van der Waals surface area contributed by atoms with Crippen LogP contribution in [0.3, 0.4) is 0 Å². The SMILES string of the molecule is C[C@H](O)O[P@](O)C(O)(Cn1ccnc1)[PH](O)(O)OOC1(C(=O)CN)CCC1. The van der Waals surface area contributed by atoms with Gasteiger partial charge in [-0.3, -0.25) is 0 Å². The van der Waals surface area contributed by atoms with Crippen LogP contribution >= 0.6 is 16.3 Å². The number of hydrogen-bond donors (Lipinski definition) is 6. The number of nitrogens with zero attached hydrogens (tertiary/aromatic N) is 2. The van der Waals surface area contributed by atoms with Crippen LogP contribution in [0.2, 0.25) is 0 Å². The molecule has 0 amide bonds. The first kappa shape index (κ1) is 22.7. The normalized spacial score (nSPS) is 21.7. The molecule has 0 aromatic carbocycles. The topological polar surface area (TPSA) is 190 Å². The summed E-state index contributed by atoms with van der Waals surface area (Å²) in [4.78, 5) is 51.9. The van der Waals surface area contributed by atoms with Crippen molar-refractivity contribution in [2.45, 2.75) is 49.7 Å². The fraction of sp³-hybridized carbons (Fsp3) is 0.692. The van der Waals surface area contributed by atoms with Crippen molar-refractivity contribution >= 4 is 22.1 Å². The first-order valence-corrected chi connectivity index (χ1v) is 11.1. The zero-order chi connectivity index (χ0) is 20.3. The molecule has 1 saturated carbocycles. The van der Waals surface area contributed by atoms with Crippen molar-refractivity contribution in [3.63, 3.8) is 0 Å². The molecular weight excluding hydrogens is 404 g/mol. The third-order valence-electron chi connectivity index (χ3n) is 4.22. The van der Waals surface area contributed by atoms with E-state index in [9.17, 15) is 29.7 Å². The van der Waals surface area contributed by atoms with E-state index in [1.54, 1.807) is 0 Å². The van der Waals surface area contributed by atoms with E-state index in [4.69, 9.17) is 19.8 Å². The fourth-order valence-electron chi connectivity index (χ4n) is 2.45. The number of imidazole rings is 1. The van der Waals surface area contributed by atoms with Crippen molar-refractivity contribution in [3.8, 4) is 0 Å². The second-order valence-corrected chi connectivity index (χ2v) is 10.4. The number of hydrogen-bond acceptors (Lipinski definition) is 11. The Morgan fingerprint density at radius 1 is 1.52 bits per heavy atom. The molecule has 14 heteroatoms. The Bertz CT molecular complexity index is 627. The minimum atomic E-state index is -5.26. The number of ketones is 1. The summed E-state index contributed by atoms with van der Waals surface area (Å²) in [5.41, 5.74) is 3.92. The van der Waals surface area contributed by atoms with Crippen molar-refractivity contribution in [1.29, 1.82) is 0 Å². The first-order chi connectivity index (χ1) is 12.6. The van der Waals surface area contributed by atoms with Gasteiger partial charge in [-0.05, 0) is 0 Å². The van der Waals surface area contributed by atoms with Crippen LogP contribution in [-0.4, -0.2) is 63.7 Å². The maximum atomic E-state index is 12.0.